The average molecular weight is 353 g/mol. The van der Waals surface area contributed by atoms with Crippen molar-refractivity contribution in [3.8, 4) is 0 Å². The molecule has 0 saturated heterocycles. The van der Waals surface area contributed by atoms with Crippen LogP contribution in [0.3, 0.4) is 0 Å². The van der Waals surface area contributed by atoms with Gasteiger partial charge in [0.15, 0.2) is 0 Å². The molecule has 3 nitrogen and oxygen atoms in total. The molecule has 0 atom stereocenters. The van der Waals surface area contributed by atoms with Crippen LogP contribution in [0.1, 0.15) is 47.8 Å². The van der Waals surface area contributed by atoms with Crippen molar-refractivity contribution < 1.29 is 0 Å². The molecule has 0 saturated carbocycles. The monoisotopic (exact) mass is 353 g/mol. The minimum Gasteiger partial charge on any atom is -0.361 e. The molecule has 2 N–H and O–H groups in total. The zero-order chi connectivity index (χ0) is 18.6. The predicted molar refractivity (Wildman–Crippen MR) is 115 cm³/mol. The third kappa shape index (κ3) is 4.09. The van der Waals surface area contributed by atoms with E-state index in [9.17, 15) is 0 Å². The lowest BCUT2D eigenvalue weighted by Gasteiger charge is -2.04. The van der Waals surface area contributed by atoms with E-state index in [1.807, 2.05) is 18.3 Å². The highest BCUT2D eigenvalue weighted by Crippen LogP contribution is 2.17. The molecule has 0 amide bonds. The predicted octanol–water partition coefficient (Wildman–Crippen LogP) is 6.36. The number of aromatic nitrogens is 3. The molecule has 0 bridgehead atoms. The molecule has 4 aromatic rings. The minimum atomic E-state index is 0.558. The van der Waals surface area contributed by atoms with Gasteiger partial charge in [-0.15, -0.1) is 0 Å². The van der Waals surface area contributed by atoms with Gasteiger partial charge in [-0.05, 0) is 58.3 Å². The van der Waals surface area contributed by atoms with E-state index in [2.05, 4.69) is 95.8 Å². The van der Waals surface area contributed by atoms with Gasteiger partial charge in [-0.1, -0.05) is 62.4 Å². The molecular formula is C24H23N3. The van der Waals surface area contributed by atoms with Crippen molar-refractivity contribution >= 4 is 35.2 Å². The molecule has 134 valence electrons. The zero-order valence-electron chi connectivity index (χ0n) is 15.6. The van der Waals surface area contributed by atoms with Crippen molar-refractivity contribution in [3.05, 3.63) is 88.9 Å². The van der Waals surface area contributed by atoms with Crippen LogP contribution in [0.4, 0.5) is 0 Å². The Morgan fingerprint density at radius 3 is 2.41 bits per heavy atom. The molecule has 0 spiro atoms. The summed E-state index contributed by atoms with van der Waals surface area (Å²) in [7, 11) is 0. The standard InChI is InChI=1S/C24H23N3/c1-17(2)20-8-3-18(4-9-20)6-11-22-16-23(27-26-22)12-7-19-5-10-21-13-14-25-24(21)15-19/h3-17,25H,1-2H3,(H,26,27). The summed E-state index contributed by atoms with van der Waals surface area (Å²) >= 11 is 0. The van der Waals surface area contributed by atoms with Crippen molar-refractivity contribution in [1.82, 2.24) is 15.2 Å². The van der Waals surface area contributed by atoms with Gasteiger partial charge in [-0.2, -0.15) is 5.10 Å². The molecule has 0 aliphatic carbocycles. The normalized spacial score (nSPS) is 12.1. The van der Waals surface area contributed by atoms with Gasteiger partial charge in [0, 0.05) is 11.7 Å². The van der Waals surface area contributed by atoms with E-state index in [-0.39, 0.29) is 0 Å². The molecule has 0 aliphatic rings. The summed E-state index contributed by atoms with van der Waals surface area (Å²) in [5, 5.41) is 8.66. The van der Waals surface area contributed by atoms with Gasteiger partial charge in [0.05, 0.1) is 11.4 Å². The summed E-state index contributed by atoms with van der Waals surface area (Å²) in [6.45, 7) is 4.42. The topological polar surface area (TPSA) is 44.5 Å². The fourth-order valence-electron chi connectivity index (χ4n) is 3.05. The Bertz CT molecular complexity index is 1090. The lowest BCUT2D eigenvalue weighted by atomic mass is 10.0. The highest BCUT2D eigenvalue weighted by atomic mass is 15.1. The second kappa shape index (κ2) is 7.50. The maximum absolute atomic E-state index is 4.36. The van der Waals surface area contributed by atoms with E-state index in [0.29, 0.717) is 5.92 Å². The fourth-order valence-corrected chi connectivity index (χ4v) is 3.05. The Morgan fingerprint density at radius 1 is 0.815 bits per heavy atom. The summed E-state index contributed by atoms with van der Waals surface area (Å²) in [5.74, 6) is 0.558. The molecular weight excluding hydrogens is 330 g/mol. The van der Waals surface area contributed by atoms with E-state index in [1.54, 1.807) is 0 Å². The number of benzene rings is 2. The first-order valence-corrected chi connectivity index (χ1v) is 9.26. The van der Waals surface area contributed by atoms with Crippen molar-refractivity contribution in [2.24, 2.45) is 0 Å². The second-order valence-corrected chi connectivity index (χ2v) is 7.06. The molecule has 2 aromatic carbocycles. The number of hydrogen-bond acceptors (Lipinski definition) is 1. The van der Waals surface area contributed by atoms with E-state index in [4.69, 9.17) is 0 Å². The Hall–Kier alpha value is -3.33. The lowest BCUT2D eigenvalue weighted by Crippen LogP contribution is -1.85. The van der Waals surface area contributed by atoms with E-state index in [1.165, 1.54) is 16.5 Å². The first kappa shape index (κ1) is 17.1. The summed E-state index contributed by atoms with van der Waals surface area (Å²) in [6, 6.07) is 19.2. The summed E-state index contributed by atoms with van der Waals surface area (Å²) < 4.78 is 0. The highest BCUT2D eigenvalue weighted by molar-refractivity contribution is 5.83. The molecule has 0 radical (unpaired) electrons. The molecule has 0 aliphatic heterocycles. The maximum atomic E-state index is 4.36. The van der Waals surface area contributed by atoms with Gasteiger partial charge in [0.2, 0.25) is 0 Å². The maximum Gasteiger partial charge on any atom is 0.0854 e. The fraction of sp³-hybridized carbons (Fsp3) is 0.125. The number of nitrogens with zero attached hydrogens (tertiary/aromatic N) is 1. The molecule has 2 aromatic heterocycles. The Morgan fingerprint density at radius 2 is 1.59 bits per heavy atom. The van der Waals surface area contributed by atoms with Crippen LogP contribution in [0, 0.1) is 0 Å². The van der Waals surface area contributed by atoms with Crippen LogP contribution in [0.15, 0.2) is 60.8 Å². The van der Waals surface area contributed by atoms with Gasteiger partial charge in [-0.3, -0.25) is 5.10 Å². The van der Waals surface area contributed by atoms with Crippen LogP contribution in [0.25, 0.3) is 35.2 Å². The molecule has 2 heterocycles. The smallest absolute Gasteiger partial charge is 0.0854 e. The second-order valence-electron chi connectivity index (χ2n) is 7.06. The highest BCUT2D eigenvalue weighted by Gasteiger charge is 1.99. The summed E-state index contributed by atoms with van der Waals surface area (Å²) in [4.78, 5) is 3.24. The van der Waals surface area contributed by atoms with E-state index >= 15 is 0 Å². The molecule has 0 fully saturated rings. The number of aromatic amines is 2. The third-order valence-electron chi connectivity index (χ3n) is 4.70. The Kier molecular flexibility index (Phi) is 4.75. The SMILES string of the molecule is CC(C)c1ccc(C=Cc2cc(C=Cc3ccc4cc[nH]c4c3)n[nH]2)cc1. The molecule has 4 rings (SSSR count). The van der Waals surface area contributed by atoms with Gasteiger partial charge < -0.3 is 4.98 Å². The quantitative estimate of drug-likeness (QED) is 0.431. The molecule has 27 heavy (non-hydrogen) atoms. The van der Waals surface area contributed by atoms with Gasteiger partial charge in [0.1, 0.15) is 0 Å². The Labute approximate surface area is 159 Å². The minimum absolute atomic E-state index is 0.558. The van der Waals surface area contributed by atoms with Crippen LogP contribution < -0.4 is 0 Å². The van der Waals surface area contributed by atoms with E-state index in [0.717, 1.165) is 22.5 Å². The third-order valence-corrected chi connectivity index (χ3v) is 4.70. The van der Waals surface area contributed by atoms with Gasteiger partial charge >= 0.3 is 0 Å². The van der Waals surface area contributed by atoms with Crippen molar-refractivity contribution in [2.75, 3.05) is 0 Å². The van der Waals surface area contributed by atoms with Crippen LogP contribution >= 0.6 is 0 Å². The molecule has 0 unspecified atom stereocenters. The number of rotatable bonds is 5. The molecule has 3 heteroatoms. The van der Waals surface area contributed by atoms with Crippen LogP contribution in [-0.2, 0) is 0 Å². The van der Waals surface area contributed by atoms with Crippen molar-refractivity contribution in [2.45, 2.75) is 19.8 Å². The van der Waals surface area contributed by atoms with Crippen molar-refractivity contribution in [3.63, 3.8) is 0 Å². The average Bonchev–Trinajstić information content (AvgIpc) is 3.33. The summed E-state index contributed by atoms with van der Waals surface area (Å²) in [5.41, 5.74) is 6.74. The largest absolute Gasteiger partial charge is 0.361 e. The van der Waals surface area contributed by atoms with Gasteiger partial charge in [-0.25, -0.2) is 0 Å². The van der Waals surface area contributed by atoms with Gasteiger partial charge in [0.25, 0.3) is 0 Å². The summed E-state index contributed by atoms with van der Waals surface area (Å²) in [6.07, 6.45) is 10.2. The Balaban J connectivity index is 1.44. The number of hydrogen-bond donors (Lipinski definition) is 2. The van der Waals surface area contributed by atoms with E-state index < -0.39 is 0 Å². The first-order chi connectivity index (χ1) is 13.2. The van der Waals surface area contributed by atoms with Crippen molar-refractivity contribution in [1.29, 1.82) is 0 Å². The van der Waals surface area contributed by atoms with Crippen LogP contribution in [0.2, 0.25) is 0 Å². The first-order valence-electron chi connectivity index (χ1n) is 9.26. The zero-order valence-corrected chi connectivity index (χ0v) is 15.6. The number of nitrogens with one attached hydrogen (secondary N) is 2. The van der Waals surface area contributed by atoms with Crippen LogP contribution in [0.5, 0.6) is 0 Å². The van der Waals surface area contributed by atoms with Crippen LogP contribution in [-0.4, -0.2) is 15.2 Å². The number of H-pyrrole nitrogens is 2. The lowest BCUT2D eigenvalue weighted by molar-refractivity contribution is 0.866. The number of fused-ring (bicyclic) bond motifs is 1.